The molecule has 1 unspecified atom stereocenters. The van der Waals surface area contributed by atoms with E-state index in [2.05, 4.69) is 48.7 Å². The molecule has 0 heterocycles. The maximum Gasteiger partial charge on any atom is 0.221 e. The third kappa shape index (κ3) is 3.53. The Bertz CT molecular complexity index is 636. The second-order valence-electron chi connectivity index (χ2n) is 6.37. The zero-order chi connectivity index (χ0) is 16.1. The van der Waals surface area contributed by atoms with Crippen LogP contribution in [0.5, 0.6) is 0 Å². The van der Waals surface area contributed by atoms with E-state index < -0.39 is 5.54 Å². The van der Waals surface area contributed by atoms with E-state index in [1.165, 1.54) is 0 Å². The molecule has 23 heavy (non-hydrogen) atoms. The average molecular weight is 305 g/mol. The first-order valence-corrected chi connectivity index (χ1v) is 8.27. The lowest BCUT2D eigenvalue weighted by Crippen LogP contribution is -2.44. The molecular weight excluding hydrogens is 282 g/mol. The minimum Gasteiger partial charge on any atom is -0.343 e. The van der Waals surface area contributed by atoms with Crippen LogP contribution in [0.1, 0.15) is 37.3 Å². The van der Waals surface area contributed by atoms with Crippen LogP contribution in [-0.4, -0.2) is 5.91 Å². The predicted octanol–water partition coefficient (Wildman–Crippen LogP) is 4.42. The van der Waals surface area contributed by atoms with Crippen molar-refractivity contribution >= 4 is 5.91 Å². The number of amides is 1. The molecule has 2 nitrogen and oxygen atoms in total. The summed E-state index contributed by atoms with van der Waals surface area (Å²) in [5.74, 6) is 0.488. The van der Waals surface area contributed by atoms with Gasteiger partial charge in [0.15, 0.2) is 0 Å². The molecule has 0 saturated heterocycles. The van der Waals surface area contributed by atoms with Gasteiger partial charge in [0.1, 0.15) is 0 Å². The topological polar surface area (TPSA) is 29.1 Å². The lowest BCUT2D eigenvalue weighted by atomic mass is 9.84. The molecule has 1 N–H and O–H groups in total. The fourth-order valence-corrected chi connectivity index (χ4v) is 3.29. The van der Waals surface area contributed by atoms with Crippen molar-refractivity contribution in [2.75, 3.05) is 0 Å². The van der Waals surface area contributed by atoms with Crippen molar-refractivity contribution in [1.82, 2.24) is 5.32 Å². The van der Waals surface area contributed by atoms with Gasteiger partial charge in [-0.05, 0) is 36.8 Å². The SMILES string of the molecule is CC(NC(=O)CC1C=CCC1)(c1ccccc1)c1ccccc1. The van der Waals surface area contributed by atoms with Crippen molar-refractivity contribution in [3.8, 4) is 0 Å². The van der Waals surface area contributed by atoms with E-state index in [1.807, 2.05) is 36.4 Å². The van der Waals surface area contributed by atoms with E-state index >= 15 is 0 Å². The molecule has 1 aliphatic rings. The molecule has 0 saturated carbocycles. The number of nitrogens with one attached hydrogen (secondary N) is 1. The van der Waals surface area contributed by atoms with Crippen LogP contribution < -0.4 is 5.32 Å². The molecule has 1 amide bonds. The highest BCUT2D eigenvalue weighted by Gasteiger charge is 2.31. The van der Waals surface area contributed by atoms with Crippen LogP contribution in [0.15, 0.2) is 72.8 Å². The Balaban J connectivity index is 1.86. The summed E-state index contributed by atoms with van der Waals surface area (Å²) >= 11 is 0. The van der Waals surface area contributed by atoms with E-state index in [4.69, 9.17) is 0 Å². The van der Waals surface area contributed by atoms with E-state index in [0.717, 1.165) is 24.0 Å². The van der Waals surface area contributed by atoms with E-state index in [0.29, 0.717) is 12.3 Å². The highest BCUT2D eigenvalue weighted by atomic mass is 16.1. The summed E-state index contributed by atoms with van der Waals surface area (Å²) in [6, 6.07) is 20.4. The van der Waals surface area contributed by atoms with Gasteiger partial charge in [-0.1, -0.05) is 72.8 Å². The number of carbonyl (C=O) groups excluding carboxylic acids is 1. The average Bonchev–Trinajstić information content (AvgIpc) is 3.09. The Labute approximate surface area is 138 Å². The lowest BCUT2D eigenvalue weighted by molar-refractivity contribution is -0.123. The summed E-state index contributed by atoms with van der Waals surface area (Å²) in [7, 11) is 0. The van der Waals surface area contributed by atoms with E-state index in [9.17, 15) is 4.79 Å². The van der Waals surface area contributed by atoms with Crippen LogP contribution in [0.4, 0.5) is 0 Å². The van der Waals surface area contributed by atoms with Gasteiger partial charge in [0.2, 0.25) is 5.91 Å². The highest BCUT2D eigenvalue weighted by Crippen LogP contribution is 2.30. The van der Waals surface area contributed by atoms with Crippen LogP contribution in [0.25, 0.3) is 0 Å². The zero-order valence-corrected chi connectivity index (χ0v) is 13.5. The van der Waals surface area contributed by atoms with Gasteiger partial charge in [-0.25, -0.2) is 0 Å². The Hall–Kier alpha value is -2.35. The number of hydrogen-bond acceptors (Lipinski definition) is 1. The Morgan fingerprint density at radius 3 is 2.09 bits per heavy atom. The molecule has 0 aromatic heterocycles. The molecule has 2 aromatic carbocycles. The summed E-state index contributed by atoms with van der Waals surface area (Å²) in [6.07, 6.45) is 7.08. The molecule has 0 fully saturated rings. The minimum absolute atomic E-state index is 0.108. The highest BCUT2D eigenvalue weighted by molar-refractivity contribution is 5.78. The standard InChI is InChI=1S/C21H23NO/c1-21(18-12-4-2-5-13-18,19-14-6-3-7-15-19)22-20(23)16-17-10-8-9-11-17/h2-8,10,12-15,17H,9,11,16H2,1H3,(H,22,23). The van der Waals surface area contributed by atoms with Crippen LogP contribution in [-0.2, 0) is 10.3 Å². The van der Waals surface area contributed by atoms with Crippen LogP contribution in [0, 0.1) is 5.92 Å². The van der Waals surface area contributed by atoms with E-state index in [-0.39, 0.29) is 5.91 Å². The van der Waals surface area contributed by atoms with Crippen LogP contribution in [0.3, 0.4) is 0 Å². The summed E-state index contributed by atoms with van der Waals surface area (Å²) in [4.78, 5) is 12.6. The number of carbonyl (C=O) groups is 1. The zero-order valence-electron chi connectivity index (χ0n) is 13.5. The second-order valence-corrected chi connectivity index (χ2v) is 6.37. The monoisotopic (exact) mass is 305 g/mol. The van der Waals surface area contributed by atoms with Crippen LogP contribution in [0.2, 0.25) is 0 Å². The van der Waals surface area contributed by atoms with Gasteiger partial charge in [-0.2, -0.15) is 0 Å². The largest absolute Gasteiger partial charge is 0.343 e. The maximum absolute atomic E-state index is 12.6. The number of benzene rings is 2. The fourth-order valence-electron chi connectivity index (χ4n) is 3.29. The molecule has 118 valence electrons. The van der Waals surface area contributed by atoms with Gasteiger partial charge in [0.05, 0.1) is 5.54 Å². The summed E-state index contributed by atoms with van der Waals surface area (Å²) in [5, 5.41) is 3.28. The first-order chi connectivity index (χ1) is 11.2. The summed E-state index contributed by atoms with van der Waals surface area (Å²) in [6.45, 7) is 2.08. The minimum atomic E-state index is -0.512. The molecule has 2 aromatic rings. The lowest BCUT2D eigenvalue weighted by Gasteiger charge is -2.32. The van der Waals surface area contributed by atoms with Crippen molar-refractivity contribution in [2.45, 2.75) is 31.7 Å². The molecule has 1 aliphatic carbocycles. The van der Waals surface area contributed by atoms with Gasteiger partial charge in [0.25, 0.3) is 0 Å². The molecule has 3 rings (SSSR count). The van der Waals surface area contributed by atoms with Gasteiger partial charge in [-0.15, -0.1) is 0 Å². The molecule has 0 aliphatic heterocycles. The molecule has 2 heteroatoms. The molecule has 0 radical (unpaired) electrons. The van der Waals surface area contributed by atoms with Crippen molar-refractivity contribution in [3.05, 3.63) is 83.9 Å². The van der Waals surface area contributed by atoms with Crippen molar-refractivity contribution < 1.29 is 4.79 Å². The third-order valence-corrected chi connectivity index (χ3v) is 4.65. The Morgan fingerprint density at radius 1 is 1.04 bits per heavy atom. The Morgan fingerprint density at radius 2 is 1.61 bits per heavy atom. The molecule has 0 spiro atoms. The number of rotatable bonds is 5. The maximum atomic E-state index is 12.6. The van der Waals surface area contributed by atoms with Crippen LogP contribution >= 0.6 is 0 Å². The normalized spacial score (nSPS) is 17.2. The number of hydrogen-bond donors (Lipinski definition) is 1. The Kier molecular flexibility index (Phi) is 4.61. The fraction of sp³-hybridized carbons (Fsp3) is 0.286. The molecule has 0 bridgehead atoms. The van der Waals surface area contributed by atoms with Gasteiger partial charge in [-0.3, -0.25) is 4.79 Å². The third-order valence-electron chi connectivity index (χ3n) is 4.65. The smallest absolute Gasteiger partial charge is 0.221 e. The quantitative estimate of drug-likeness (QED) is 0.814. The number of allylic oxidation sites excluding steroid dienone is 2. The first-order valence-electron chi connectivity index (χ1n) is 8.27. The second kappa shape index (κ2) is 6.82. The molecular formula is C21H23NO. The molecule has 1 atom stereocenters. The first kappa shape index (κ1) is 15.5. The van der Waals surface area contributed by atoms with Gasteiger partial charge < -0.3 is 5.32 Å². The summed E-state index contributed by atoms with van der Waals surface area (Å²) < 4.78 is 0. The van der Waals surface area contributed by atoms with Crippen molar-refractivity contribution in [2.24, 2.45) is 5.92 Å². The summed E-state index contributed by atoms with van der Waals surface area (Å²) in [5.41, 5.74) is 1.69. The van der Waals surface area contributed by atoms with E-state index in [1.54, 1.807) is 0 Å². The van der Waals surface area contributed by atoms with Crippen molar-refractivity contribution in [1.29, 1.82) is 0 Å². The van der Waals surface area contributed by atoms with Gasteiger partial charge >= 0.3 is 0 Å². The predicted molar refractivity (Wildman–Crippen MR) is 94.0 cm³/mol. The van der Waals surface area contributed by atoms with Gasteiger partial charge in [0, 0.05) is 6.42 Å². The van der Waals surface area contributed by atoms with Crippen molar-refractivity contribution in [3.63, 3.8) is 0 Å².